The molecule has 0 saturated heterocycles. The molecule has 0 aliphatic heterocycles. The molecule has 0 spiro atoms. The lowest BCUT2D eigenvalue weighted by Crippen LogP contribution is -2.15. The summed E-state index contributed by atoms with van der Waals surface area (Å²) in [5.74, 6) is 0.313. The number of rotatable bonds is 6. The van der Waals surface area contributed by atoms with Gasteiger partial charge in [-0.25, -0.2) is 0 Å². The van der Waals surface area contributed by atoms with E-state index in [0.717, 1.165) is 23.3 Å². The molecule has 2 rings (SSSR count). The van der Waals surface area contributed by atoms with Crippen LogP contribution in [0.2, 0.25) is 0 Å². The van der Waals surface area contributed by atoms with Gasteiger partial charge < -0.3 is 9.47 Å². The van der Waals surface area contributed by atoms with Gasteiger partial charge in [-0.15, -0.1) is 0 Å². The molecule has 0 aliphatic rings. The fourth-order valence-electron chi connectivity index (χ4n) is 2.30. The molecule has 0 aromatic heterocycles. The predicted molar refractivity (Wildman–Crippen MR) is 82.3 cm³/mol. The first-order valence-electron chi connectivity index (χ1n) is 7.09. The van der Waals surface area contributed by atoms with E-state index in [2.05, 4.69) is 0 Å². The largest absolute Gasteiger partial charge is 0.496 e. The maximum atomic E-state index is 12.3. The molecule has 0 bridgehead atoms. The number of hydrogen-bond acceptors (Lipinski definition) is 3. The van der Waals surface area contributed by atoms with Crippen LogP contribution in [0.5, 0.6) is 5.75 Å². The fourth-order valence-corrected chi connectivity index (χ4v) is 2.30. The Labute approximate surface area is 125 Å². The molecule has 1 atom stereocenters. The van der Waals surface area contributed by atoms with Crippen LogP contribution in [0, 0.1) is 0 Å². The molecule has 3 heteroatoms. The van der Waals surface area contributed by atoms with Crippen LogP contribution in [-0.2, 0) is 16.1 Å². The van der Waals surface area contributed by atoms with Crippen molar-refractivity contribution in [2.45, 2.75) is 25.9 Å². The average Bonchev–Trinajstić information content (AvgIpc) is 2.55. The number of ether oxygens (including phenoxy) is 2. The van der Waals surface area contributed by atoms with E-state index in [-0.39, 0.29) is 18.5 Å². The minimum Gasteiger partial charge on any atom is -0.496 e. The second-order valence-electron chi connectivity index (χ2n) is 4.79. The summed E-state index contributed by atoms with van der Waals surface area (Å²) in [5, 5.41) is 0. The Morgan fingerprint density at radius 1 is 1.05 bits per heavy atom. The van der Waals surface area contributed by atoms with Gasteiger partial charge in [0, 0.05) is 5.56 Å². The van der Waals surface area contributed by atoms with Gasteiger partial charge in [0.05, 0.1) is 13.0 Å². The Bertz CT molecular complexity index is 578. The minimum atomic E-state index is -0.221. The SMILES string of the molecule is CCC(C(=O)OCc1ccccc1OC)c1ccccc1. The van der Waals surface area contributed by atoms with Crippen LogP contribution in [0.15, 0.2) is 54.6 Å². The molecule has 0 radical (unpaired) electrons. The number of carbonyl (C=O) groups is 1. The third kappa shape index (κ3) is 3.85. The lowest BCUT2D eigenvalue weighted by Gasteiger charge is -2.15. The zero-order chi connectivity index (χ0) is 15.1. The monoisotopic (exact) mass is 284 g/mol. The second-order valence-corrected chi connectivity index (χ2v) is 4.79. The Kier molecular flexibility index (Phi) is 5.38. The van der Waals surface area contributed by atoms with Crippen LogP contribution in [-0.4, -0.2) is 13.1 Å². The molecule has 0 aliphatic carbocycles. The molecule has 110 valence electrons. The van der Waals surface area contributed by atoms with E-state index in [4.69, 9.17) is 9.47 Å². The molecular formula is C18H20O3. The van der Waals surface area contributed by atoms with Gasteiger partial charge in [0.15, 0.2) is 0 Å². The minimum absolute atomic E-state index is 0.199. The van der Waals surface area contributed by atoms with E-state index in [1.54, 1.807) is 7.11 Å². The molecule has 0 amide bonds. The molecule has 0 fully saturated rings. The Morgan fingerprint density at radius 2 is 1.71 bits per heavy atom. The molecule has 0 N–H and O–H groups in total. The highest BCUT2D eigenvalue weighted by Gasteiger charge is 2.20. The quantitative estimate of drug-likeness (QED) is 0.754. The molecule has 2 aromatic carbocycles. The first-order valence-corrected chi connectivity index (χ1v) is 7.09. The van der Waals surface area contributed by atoms with Gasteiger partial charge in [0.25, 0.3) is 0 Å². The van der Waals surface area contributed by atoms with Crippen LogP contribution < -0.4 is 4.74 Å². The van der Waals surface area contributed by atoms with Gasteiger partial charge in [-0.3, -0.25) is 4.79 Å². The highest BCUT2D eigenvalue weighted by Crippen LogP contribution is 2.23. The van der Waals surface area contributed by atoms with Gasteiger partial charge in [-0.2, -0.15) is 0 Å². The number of esters is 1. The average molecular weight is 284 g/mol. The van der Waals surface area contributed by atoms with Crippen molar-refractivity contribution in [3.63, 3.8) is 0 Å². The van der Waals surface area contributed by atoms with Gasteiger partial charge >= 0.3 is 5.97 Å². The Balaban J connectivity index is 2.03. The highest BCUT2D eigenvalue weighted by molar-refractivity contribution is 5.78. The zero-order valence-electron chi connectivity index (χ0n) is 12.4. The first-order chi connectivity index (χ1) is 10.3. The molecular weight excluding hydrogens is 264 g/mol. The van der Waals surface area contributed by atoms with E-state index >= 15 is 0 Å². The smallest absolute Gasteiger partial charge is 0.313 e. The summed E-state index contributed by atoms with van der Waals surface area (Å²) in [6.07, 6.45) is 0.717. The van der Waals surface area contributed by atoms with E-state index < -0.39 is 0 Å². The fraction of sp³-hybridized carbons (Fsp3) is 0.278. The highest BCUT2D eigenvalue weighted by atomic mass is 16.5. The first kappa shape index (κ1) is 15.1. The third-order valence-electron chi connectivity index (χ3n) is 3.46. The maximum absolute atomic E-state index is 12.3. The van der Waals surface area contributed by atoms with Gasteiger partial charge in [-0.1, -0.05) is 55.5 Å². The van der Waals surface area contributed by atoms with Gasteiger partial charge in [0.1, 0.15) is 12.4 Å². The molecule has 0 saturated carbocycles. The van der Waals surface area contributed by atoms with Crippen molar-refractivity contribution >= 4 is 5.97 Å². The summed E-state index contributed by atoms with van der Waals surface area (Å²) in [6, 6.07) is 17.3. The van der Waals surface area contributed by atoms with E-state index in [9.17, 15) is 4.79 Å². The molecule has 3 nitrogen and oxygen atoms in total. The standard InChI is InChI=1S/C18H20O3/c1-3-16(14-9-5-4-6-10-14)18(19)21-13-15-11-7-8-12-17(15)20-2/h4-12,16H,3,13H2,1-2H3. The van der Waals surface area contributed by atoms with Crippen molar-refractivity contribution in [3.8, 4) is 5.75 Å². The topological polar surface area (TPSA) is 35.5 Å². The number of benzene rings is 2. The third-order valence-corrected chi connectivity index (χ3v) is 3.46. The number of methoxy groups -OCH3 is 1. The molecule has 21 heavy (non-hydrogen) atoms. The van der Waals surface area contributed by atoms with Gasteiger partial charge in [0.2, 0.25) is 0 Å². The van der Waals surface area contributed by atoms with E-state index in [0.29, 0.717) is 0 Å². The molecule has 0 heterocycles. The Hall–Kier alpha value is -2.29. The van der Waals surface area contributed by atoms with Crippen molar-refractivity contribution < 1.29 is 14.3 Å². The molecule has 1 unspecified atom stereocenters. The summed E-state index contributed by atoms with van der Waals surface area (Å²) < 4.78 is 10.7. The summed E-state index contributed by atoms with van der Waals surface area (Å²) in [6.45, 7) is 2.22. The second kappa shape index (κ2) is 7.48. The van der Waals surface area contributed by atoms with Gasteiger partial charge in [-0.05, 0) is 18.1 Å². The number of para-hydroxylation sites is 1. The lowest BCUT2D eigenvalue weighted by atomic mass is 9.97. The van der Waals surface area contributed by atoms with Crippen LogP contribution in [0.3, 0.4) is 0 Å². The van der Waals surface area contributed by atoms with Crippen LogP contribution >= 0.6 is 0 Å². The summed E-state index contributed by atoms with van der Waals surface area (Å²) >= 11 is 0. The summed E-state index contributed by atoms with van der Waals surface area (Å²) in [4.78, 5) is 12.3. The lowest BCUT2D eigenvalue weighted by molar-refractivity contribution is -0.146. The van der Waals surface area contributed by atoms with E-state index in [1.807, 2.05) is 61.5 Å². The van der Waals surface area contributed by atoms with Crippen molar-refractivity contribution in [1.82, 2.24) is 0 Å². The zero-order valence-corrected chi connectivity index (χ0v) is 12.4. The summed E-state index contributed by atoms with van der Waals surface area (Å²) in [5.41, 5.74) is 1.86. The van der Waals surface area contributed by atoms with Crippen molar-refractivity contribution in [2.24, 2.45) is 0 Å². The predicted octanol–water partition coefficient (Wildman–Crippen LogP) is 3.93. The van der Waals surface area contributed by atoms with Crippen molar-refractivity contribution in [1.29, 1.82) is 0 Å². The van der Waals surface area contributed by atoms with Crippen molar-refractivity contribution in [3.05, 3.63) is 65.7 Å². The summed E-state index contributed by atoms with van der Waals surface area (Å²) in [7, 11) is 1.61. The van der Waals surface area contributed by atoms with Crippen LogP contribution in [0.25, 0.3) is 0 Å². The number of carbonyl (C=O) groups excluding carboxylic acids is 1. The maximum Gasteiger partial charge on any atom is 0.313 e. The van der Waals surface area contributed by atoms with E-state index in [1.165, 1.54) is 0 Å². The normalized spacial score (nSPS) is 11.7. The van der Waals surface area contributed by atoms with Crippen LogP contribution in [0.4, 0.5) is 0 Å². The molecule has 2 aromatic rings. The van der Waals surface area contributed by atoms with Crippen molar-refractivity contribution in [2.75, 3.05) is 7.11 Å². The van der Waals surface area contributed by atoms with Crippen LogP contribution in [0.1, 0.15) is 30.4 Å². The number of hydrogen-bond donors (Lipinski definition) is 0. The Morgan fingerprint density at radius 3 is 2.38 bits per heavy atom.